The molecule has 102 valence electrons. The highest BCUT2D eigenvalue weighted by molar-refractivity contribution is 9.11. The van der Waals surface area contributed by atoms with Crippen molar-refractivity contribution in [1.29, 1.82) is 0 Å². The van der Waals surface area contributed by atoms with Crippen LogP contribution >= 0.6 is 43.2 Å². The zero-order chi connectivity index (χ0) is 14.0. The fourth-order valence-corrected chi connectivity index (χ4v) is 3.87. The summed E-state index contributed by atoms with van der Waals surface area (Å²) in [5.41, 5.74) is 6.63. The van der Waals surface area contributed by atoms with Crippen LogP contribution in [0, 0.1) is 13.8 Å². The molecular formula is C14H16Br2N2S. The number of nitrogens with two attached hydrogens (primary N) is 1. The Labute approximate surface area is 134 Å². The van der Waals surface area contributed by atoms with Crippen LogP contribution < -0.4 is 11.3 Å². The first-order valence-corrected chi connectivity index (χ1v) is 8.38. The fourth-order valence-electron chi connectivity index (χ4n) is 2.12. The second-order valence-corrected chi connectivity index (χ2v) is 7.94. The summed E-state index contributed by atoms with van der Waals surface area (Å²) in [7, 11) is 0. The Morgan fingerprint density at radius 1 is 1.21 bits per heavy atom. The van der Waals surface area contributed by atoms with Crippen LogP contribution in [0.15, 0.2) is 32.5 Å². The highest BCUT2D eigenvalue weighted by Crippen LogP contribution is 2.29. The number of hydrazine groups is 1. The molecule has 2 aromatic rings. The molecule has 1 unspecified atom stereocenters. The lowest BCUT2D eigenvalue weighted by Gasteiger charge is -2.18. The van der Waals surface area contributed by atoms with E-state index in [1.807, 2.05) is 0 Å². The number of nitrogens with one attached hydrogen (secondary N) is 1. The van der Waals surface area contributed by atoms with Gasteiger partial charge in [0.2, 0.25) is 0 Å². The minimum Gasteiger partial charge on any atom is -0.271 e. The van der Waals surface area contributed by atoms with Crippen molar-refractivity contribution in [3.05, 3.63) is 54.1 Å². The van der Waals surface area contributed by atoms with E-state index in [0.717, 1.165) is 10.2 Å². The Balaban J connectivity index is 2.27. The van der Waals surface area contributed by atoms with E-state index in [9.17, 15) is 0 Å². The molecule has 0 saturated carbocycles. The van der Waals surface area contributed by atoms with Gasteiger partial charge in [-0.25, -0.2) is 0 Å². The smallest absolute Gasteiger partial charge is 0.0701 e. The summed E-state index contributed by atoms with van der Waals surface area (Å²) in [5.74, 6) is 5.73. The minimum atomic E-state index is 0.135. The monoisotopic (exact) mass is 402 g/mol. The normalized spacial score (nSPS) is 12.7. The average molecular weight is 404 g/mol. The van der Waals surface area contributed by atoms with E-state index in [1.54, 1.807) is 11.3 Å². The van der Waals surface area contributed by atoms with Gasteiger partial charge in [-0.3, -0.25) is 11.3 Å². The molecule has 0 aliphatic rings. The molecule has 0 amide bonds. The molecule has 0 aliphatic carbocycles. The van der Waals surface area contributed by atoms with Gasteiger partial charge in [-0.15, -0.1) is 11.3 Å². The molecule has 5 heteroatoms. The van der Waals surface area contributed by atoms with E-state index in [4.69, 9.17) is 5.84 Å². The second-order valence-electron chi connectivity index (χ2n) is 4.60. The third-order valence-electron chi connectivity index (χ3n) is 3.10. The predicted molar refractivity (Wildman–Crippen MR) is 89.4 cm³/mol. The summed E-state index contributed by atoms with van der Waals surface area (Å²) in [4.78, 5) is 1.31. The summed E-state index contributed by atoms with van der Waals surface area (Å²) in [6.45, 7) is 4.21. The van der Waals surface area contributed by atoms with Gasteiger partial charge >= 0.3 is 0 Å². The van der Waals surface area contributed by atoms with Crippen molar-refractivity contribution in [3.63, 3.8) is 0 Å². The minimum absolute atomic E-state index is 0.135. The Morgan fingerprint density at radius 3 is 2.32 bits per heavy atom. The van der Waals surface area contributed by atoms with E-state index >= 15 is 0 Å². The first-order valence-electron chi connectivity index (χ1n) is 5.98. The van der Waals surface area contributed by atoms with Gasteiger partial charge in [0.1, 0.15) is 0 Å². The molecular weight excluding hydrogens is 388 g/mol. The van der Waals surface area contributed by atoms with Crippen molar-refractivity contribution >= 4 is 43.2 Å². The Hall–Kier alpha value is -0.200. The van der Waals surface area contributed by atoms with Crippen LogP contribution in [-0.4, -0.2) is 0 Å². The molecule has 19 heavy (non-hydrogen) atoms. The second kappa shape index (κ2) is 6.50. The predicted octanol–water partition coefficient (Wildman–Crippen LogP) is 4.64. The third-order valence-corrected chi connectivity index (χ3v) is 5.99. The maximum Gasteiger partial charge on any atom is 0.0701 e. The van der Waals surface area contributed by atoms with Crippen LogP contribution in [-0.2, 0) is 6.42 Å². The summed E-state index contributed by atoms with van der Waals surface area (Å²) in [6.07, 6.45) is 0.896. The number of aryl methyl sites for hydroxylation is 2. The highest BCUT2D eigenvalue weighted by atomic mass is 79.9. The van der Waals surface area contributed by atoms with Gasteiger partial charge < -0.3 is 0 Å². The van der Waals surface area contributed by atoms with Crippen LogP contribution in [0.1, 0.15) is 27.6 Å². The van der Waals surface area contributed by atoms with Crippen molar-refractivity contribution in [3.8, 4) is 0 Å². The Morgan fingerprint density at radius 2 is 1.84 bits per heavy atom. The van der Waals surface area contributed by atoms with Crippen molar-refractivity contribution < 1.29 is 0 Å². The molecule has 3 N–H and O–H groups in total. The molecule has 1 heterocycles. The fraction of sp³-hybridized carbons (Fsp3) is 0.286. The van der Waals surface area contributed by atoms with E-state index in [-0.39, 0.29) is 6.04 Å². The molecule has 1 atom stereocenters. The topological polar surface area (TPSA) is 38.0 Å². The van der Waals surface area contributed by atoms with E-state index in [1.165, 1.54) is 26.0 Å². The SMILES string of the molecule is Cc1cc(C(Cc2ccc(Br)s2)NN)cc(C)c1Br. The number of thiophene rings is 1. The lowest BCUT2D eigenvalue weighted by Crippen LogP contribution is -2.29. The first kappa shape index (κ1) is 15.2. The molecule has 0 spiro atoms. The number of hydrogen-bond acceptors (Lipinski definition) is 3. The molecule has 1 aromatic carbocycles. The maximum absolute atomic E-state index is 5.73. The average Bonchev–Trinajstić information content (AvgIpc) is 2.78. The van der Waals surface area contributed by atoms with Gasteiger partial charge in [-0.1, -0.05) is 28.1 Å². The van der Waals surface area contributed by atoms with Gasteiger partial charge in [0, 0.05) is 15.8 Å². The van der Waals surface area contributed by atoms with Gasteiger partial charge in [-0.2, -0.15) is 0 Å². The largest absolute Gasteiger partial charge is 0.271 e. The number of benzene rings is 1. The van der Waals surface area contributed by atoms with Crippen LogP contribution in [0.3, 0.4) is 0 Å². The van der Waals surface area contributed by atoms with Crippen molar-refractivity contribution in [2.45, 2.75) is 26.3 Å². The van der Waals surface area contributed by atoms with Crippen molar-refractivity contribution in [1.82, 2.24) is 5.43 Å². The Bertz CT molecular complexity index is 558. The summed E-state index contributed by atoms with van der Waals surface area (Å²) >= 11 is 8.84. The molecule has 0 saturated heterocycles. The molecule has 2 nitrogen and oxygen atoms in total. The summed E-state index contributed by atoms with van der Waals surface area (Å²) in [5, 5.41) is 0. The van der Waals surface area contributed by atoms with Crippen molar-refractivity contribution in [2.75, 3.05) is 0 Å². The van der Waals surface area contributed by atoms with Crippen LogP contribution in [0.4, 0.5) is 0 Å². The lowest BCUT2D eigenvalue weighted by atomic mass is 9.99. The van der Waals surface area contributed by atoms with E-state index < -0.39 is 0 Å². The Kier molecular flexibility index (Phi) is 5.20. The summed E-state index contributed by atoms with van der Waals surface area (Å²) in [6, 6.07) is 8.72. The van der Waals surface area contributed by atoms with Gasteiger partial charge in [0.15, 0.2) is 0 Å². The van der Waals surface area contributed by atoms with Crippen LogP contribution in [0.5, 0.6) is 0 Å². The maximum atomic E-state index is 5.73. The van der Waals surface area contributed by atoms with Crippen LogP contribution in [0.2, 0.25) is 0 Å². The molecule has 0 bridgehead atoms. The summed E-state index contributed by atoms with van der Waals surface area (Å²) < 4.78 is 2.33. The quantitative estimate of drug-likeness (QED) is 0.576. The highest BCUT2D eigenvalue weighted by Gasteiger charge is 2.14. The van der Waals surface area contributed by atoms with Crippen molar-refractivity contribution in [2.24, 2.45) is 5.84 Å². The number of hydrogen-bond donors (Lipinski definition) is 2. The van der Waals surface area contributed by atoms with Gasteiger partial charge in [0.05, 0.1) is 9.83 Å². The van der Waals surface area contributed by atoms with E-state index in [2.05, 4.69) is 75.4 Å². The van der Waals surface area contributed by atoms with E-state index in [0.29, 0.717) is 0 Å². The molecule has 0 fully saturated rings. The zero-order valence-corrected chi connectivity index (χ0v) is 14.8. The number of rotatable bonds is 4. The molecule has 0 radical (unpaired) electrons. The standard InChI is InChI=1S/C14H16Br2N2S/c1-8-5-10(6-9(2)14(8)16)12(18-17)7-11-3-4-13(15)19-11/h3-6,12,18H,7,17H2,1-2H3. The molecule has 2 rings (SSSR count). The first-order chi connectivity index (χ1) is 9.01. The van der Waals surface area contributed by atoms with Gasteiger partial charge in [0.25, 0.3) is 0 Å². The zero-order valence-electron chi connectivity index (χ0n) is 10.8. The molecule has 0 aliphatic heterocycles. The number of halogens is 2. The third kappa shape index (κ3) is 3.67. The van der Waals surface area contributed by atoms with Gasteiger partial charge in [-0.05, 0) is 58.6 Å². The lowest BCUT2D eigenvalue weighted by molar-refractivity contribution is 0.555. The van der Waals surface area contributed by atoms with Crippen LogP contribution in [0.25, 0.3) is 0 Å². The molecule has 1 aromatic heterocycles.